The lowest BCUT2D eigenvalue weighted by molar-refractivity contribution is 0.100. The molecule has 1 amide bonds. The minimum atomic E-state index is -0.436. The summed E-state index contributed by atoms with van der Waals surface area (Å²) in [4.78, 5) is 11.1. The normalized spacial score (nSPS) is 11.9. The molecule has 98 valence electrons. The first-order chi connectivity index (χ1) is 9.08. The Morgan fingerprint density at radius 1 is 1.21 bits per heavy atom. The average molecular weight is 275 g/mol. The standard InChI is InChI=1S/C15H15ClN2O/c1-10(13-7-2-3-8-14(13)16)18-12-6-4-5-11(9-12)15(17)19/h2-10,18H,1H3,(H2,17,19)/t10-/m0/s1. The number of rotatable bonds is 4. The number of hydrogen-bond acceptors (Lipinski definition) is 2. The highest BCUT2D eigenvalue weighted by Gasteiger charge is 2.09. The Morgan fingerprint density at radius 3 is 2.63 bits per heavy atom. The predicted molar refractivity (Wildman–Crippen MR) is 78.4 cm³/mol. The second-order valence-corrected chi connectivity index (χ2v) is 4.74. The number of nitrogens with one attached hydrogen (secondary N) is 1. The van der Waals surface area contributed by atoms with E-state index < -0.39 is 5.91 Å². The number of nitrogens with two attached hydrogens (primary N) is 1. The fourth-order valence-electron chi connectivity index (χ4n) is 1.92. The Labute approximate surface area is 117 Å². The van der Waals surface area contributed by atoms with Crippen LogP contribution in [-0.4, -0.2) is 5.91 Å². The molecule has 2 aromatic rings. The highest BCUT2D eigenvalue weighted by atomic mass is 35.5. The van der Waals surface area contributed by atoms with Crippen molar-refractivity contribution in [2.75, 3.05) is 5.32 Å². The number of carbonyl (C=O) groups is 1. The lowest BCUT2D eigenvalue weighted by Gasteiger charge is -2.17. The smallest absolute Gasteiger partial charge is 0.248 e. The van der Waals surface area contributed by atoms with Crippen LogP contribution in [0.2, 0.25) is 5.02 Å². The monoisotopic (exact) mass is 274 g/mol. The number of halogens is 1. The molecule has 0 bridgehead atoms. The molecule has 0 radical (unpaired) electrons. The summed E-state index contributed by atoms with van der Waals surface area (Å²) >= 11 is 6.15. The molecule has 0 heterocycles. The molecule has 0 aliphatic heterocycles. The zero-order chi connectivity index (χ0) is 13.8. The lowest BCUT2D eigenvalue weighted by Crippen LogP contribution is -2.12. The van der Waals surface area contributed by atoms with Crippen molar-refractivity contribution in [3.8, 4) is 0 Å². The Hall–Kier alpha value is -2.00. The topological polar surface area (TPSA) is 55.1 Å². The van der Waals surface area contributed by atoms with Crippen LogP contribution in [0.3, 0.4) is 0 Å². The van der Waals surface area contributed by atoms with E-state index in [2.05, 4.69) is 5.32 Å². The maximum absolute atomic E-state index is 11.1. The van der Waals surface area contributed by atoms with E-state index in [1.165, 1.54) is 0 Å². The van der Waals surface area contributed by atoms with E-state index in [9.17, 15) is 4.79 Å². The van der Waals surface area contributed by atoms with Crippen LogP contribution in [-0.2, 0) is 0 Å². The van der Waals surface area contributed by atoms with Crippen LogP contribution in [0.5, 0.6) is 0 Å². The van der Waals surface area contributed by atoms with Gasteiger partial charge in [0.1, 0.15) is 0 Å². The molecule has 0 unspecified atom stereocenters. The summed E-state index contributed by atoms with van der Waals surface area (Å²) in [5.74, 6) is -0.436. The Morgan fingerprint density at radius 2 is 1.95 bits per heavy atom. The molecule has 0 aliphatic carbocycles. The molecule has 4 heteroatoms. The predicted octanol–water partition coefficient (Wildman–Crippen LogP) is 3.61. The number of amides is 1. The molecule has 3 nitrogen and oxygen atoms in total. The Bertz CT molecular complexity index is 598. The van der Waals surface area contributed by atoms with Crippen molar-refractivity contribution in [2.24, 2.45) is 5.73 Å². The van der Waals surface area contributed by atoms with E-state index in [0.717, 1.165) is 11.3 Å². The third kappa shape index (κ3) is 3.26. The molecule has 0 aliphatic rings. The lowest BCUT2D eigenvalue weighted by atomic mass is 10.1. The van der Waals surface area contributed by atoms with Gasteiger partial charge in [0.15, 0.2) is 0 Å². The van der Waals surface area contributed by atoms with Crippen LogP contribution in [0, 0.1) is 0 Å². The average Bonchev–Trinajstić information content (AvgIpc) is 2.39. The molecule has 0 saturated carbocycles. The van der Waals surface area contributed by atoms with Crippen molar-refractivity contribution in [1.82, 2.24) is 0 Å². The maximum Gasteiger partial charge on any atom is 0.248 e. The molecule has 3 N–H and O–H groups in total. The van der Waals surface area contributed by atoms with Crippen molar-refractivity contribution < 1.29 is 4.79 Å². The number of hydrogen-bond donors (Lipinski definition) is 2. The molecule has 0 spiro atoms. The van der Waals surface area contributed by atoms with Gasteiger partial charge in [-0.25, -0.2) is 0 Å². The maximum atomic E-state index is 11.1. The van der Waals surface area contributed by atoms with Gasteiger partial charge in [0, 0.05) is 22.3 Å². The number of primary amides is 1. The van der Waals surface area contributed by atoms with Gasteiger partial charge in [-0.15, -0.1) is 0 Å². The van der Waals surface area contributed by atoms with Crippen molar-refractivity contribution in [2.45, 2.75) is 13.0 Å². The van der Waals surface area contributed by atoms with E-state index in [4.69, 9.17) is 17.3 Å². The van der Waals surface area contributed by atoms with Crippen molar-refractivity contribution in [3.63, 3.8) is 0 Å². The van der Waals surface area contributed by atoms with Crippen LogP contribution >= 0.6 is 11.6 Å². The van der Waals surface area contributed by atoms with E-state index in [1.54, 1.807) is 18.2 Å². The van der Waals surface area contributed by atoms with Gasteiger partial charge >= 0.3 is 0 Å². The molecule has 0 fully saturated rings. The summed E-state index contributed by atoms with van der Waals surface area (Å²) in [6, 6.07) is 14.8. The number of carbonyl (C=O) groups excluding carboxylic acids is 1. The SMILES string of the molecule is C[C@H](Nc1cccc(C(N)=O)c1)c1ccccc1Cl. The molecule has 19 heavy (non-hydrogen) atoms. The highest BCUT2D eigenvalue weighted by Crippen LogP contribution is 2.25. The number of benzene rings is 2. The van der Waals surface area contributed by atoms with Crippen LogP contribution in [0.4, 0.5) is 5.69 Å². The van der Waals surface area contributed by atoms with Gasteiger partial charge < -0.3 is 11.1 Å². The van der Waals surface area contributed by atoms with Gasteiger partial charge in [-0.3, -0.25) is 4.79 Å². The quantitative estimate of drug-likeness (QED) is 0.895. The van der Waals surface area contributed by atoms with Crippen LogP contribution in [0.25, 0.3) is 0 Å². The molecule has 1 atom stereocenters. The van der Waals surface area contributed by atoms with E-state index in [1.807, 2.05) is 37.3 Å². The Kier molecular flexibility index (Phi) is 4.07. The summed E-state index contributed by atoms with van der Waals surface area (Å²) < 4.78 is 0. The van der Waals surface area contributed by atoms with E-state index in [0.29, 0.717) is 10.6 Å². The first-order valence-corrected chi connectivity index (χ1v) is 6.36. The first-order valence-electron chi connectivity index (χ1n) is 5.99. The minimum Gasteiger partial charge on any atom is -0.378 e. The second-order valence-electron chi connectivity index (χ2n) is 4.33. The van der Waals surface area contributed by atoms with E-state index >= 15 is 0 Å². The summed E-state index contributed by atoms with van der Waals surface area (Å²) in [6.45, 7) is 2.01. The van der Waals surface area contributed by atoms with Gasteiger partial charge in [0.05, 0.1) is 0 Å². The molecular weight excluding hydrogens is 260 g/mol. The second kappa shape index (κ2) is 5.76. The van der Waals surface area contributed by atoms with Gasteiger partial charge in [0.2, 0.25) is 5.91 Å². The summed E-state index contributed by atoms with van der Waals surface area (Å²) in [6.07, 6.45) is 0. The molecule has 0 saturated heterocycles. The van der Waals surface area contributed by atoms with Crippen molar-refractivity contribution >= 4 is 23.2 Å². The fourth-order valence-corrected chi connectivity index (χ4v) is 2.22. The van der Waals surface area contributed by atoms with E-state index in [-0.39, 0.29) is 6.04 Å². The zero-order valence-electron chi connectivity index (χ0n) is 10.6. The minimum absolute atomic E-state index is 0.0387. The van der Waals surface area contributed by atoms with Crippen LogP contribution in [0.15, 0.2) is 48.5 Å². The third-order valence-electron chi connectivity index (χ3n) is 2.90. The summed E-state index contributed by atoms with van der Waals surface area (Å²) in [5.41, 5.74) is 7.59. The van der Waals surface area contributed by atoms with Crippen molar-refractivity contribution in [1.29, 1.82) is 0 Å². The summed E-state index contributed by atoms with van der Waals surface area (Å²) in [5, 5.41) is 4.02. The van der Waals surface area contributed by atoms with Crippen LogP contribution < -0.4 is 11.1 Å². The van der Waals surface area contributed by atoms with Gasteiger partial charge in [-0.2, -0.15) is 0 Å². The van der Waals surface area contributed by atoms with Gasteiger partial charge in [0.25, 0.3) is 0 Å². The number of anilines is 1. The van der Waals surface area contributed by atoms with Gasteiger partial charge in [-0.1, -0.05) is 35.9 Å². The third-order valence-corrected chi connectivity index (χ3v) is 3.25. The Balaban J connectivity index is 2.19. The first kappa shape index (κ1) is 13.4. The molecule has 2 rings (SSSR count). The van der Waals surface area contributed by atoms with Crippen LogP contribution in [0.1, 0.15) is 28.9 Å². The van der Waals surface area contributed by atoms with Crippen molar-refractivity contribution in [3.05, 3.63) is 64.7 Å². The van der Waals surface area contributed by atoms with Gasteiger partial charge in [-0.05, 0) is 36.8 Å². The fraction of sp³-hybridized carbons (Fsp3) is 0.133. The highest BCUT2D eigenvalue weighted by molar-refractivity contribution is 6.31. The largest absolute Gasteiger partial charge is 0.378 e. The summed E-state index contributed by atoms with van der Waals surface area (Å²) in [7, 11) is 0. The molecular formula is C15H15ClN2O. The molecule has 0 aromatic heterocycles. The molecule has 2 aromatic carbocycles. The zero-order valence-corrected chi connectivity index (χ0v) is 11.3.